The maximum Gasteiger partial charge on any atom is 0.165 e. The van der Waals surface area contributed by atoms with Crippen molar-refractivity contribution in [2.75, 3.05) is 33.9 Å². The fraction of sp³-hybridized carbons (Fsp3) is 0.647. The zero-order valence-corrected chi connectivity index (χ0v) is 13.6. The van der Waals surface area contributed by atoms with Gasteiger partial charge in [-0.1, -0.05) is 26.0 Å². The van der Waals surface area contributed by atoms with Crippen molar-refractivity contribution in [2.45, 2.75) is 38.2 Å². The molecule has 1 heterocycles. The molecule has 1 aliphatic heterocycles. The third-order valence-electron chi connectivity index (χ3n) is 4.27. The van der Waals surface area contributed by atoms with Crippen LogP contribution in [0, 0.1) is 0 Å². The largest absolute Gasteiger partial charge is 0.493 e. The molecular formula is C17H27NO3. The van der Waals surface area contributed by atoms with Gasteiger partial charge in [-0.15, -0.1) is 0 Å². The Kier molecular flexibility index (Phi) is 5.12. The lowest BCUT2D eigenvalue weighted by molar-refractivity contribution is 0.107. The average Bonchev–Trinajstić information content (AvgIpc) is 2.49. The standard InChI is InChI=1S/C17H27NO3/c1-17(2,12-19)14-6-5-7-15(20-4)16(14)21-13-8-10-18(3)11-9-13/h5-7,13,19H,8-12H2,1-4H3. The van der Waals surface area contributed by atoms with Crippen LogP contribution in [0.25, 0.3) is 0 Å². The first-order valence-corrected chi connectivity index (χ1v) is 7.61. The molecule has 4 nitrogen and oxygen atoms in total. The number of methoxy groups -OCH3 is 1. The highest BCUT2D eigenvalue weighted by Crippen LogP contribution is 2.39. The molecule has 1 fully saturated rings. The maximum atomic E-state index is 9.67. The van der Waals surface area contributed by atoms with Crippen LogP contribution in [0.4, 0.5) is 0 Å². The summed E-state index contributed by atoms with van der Waals surface area (Å²) in [5, 5.41) is 9.67. The van der Waals surface area contributed by atoms with Crippen LogP contribution in [-0.4, -0.2) is 50.0 Å². The van der Waals surface area contributed by atoms with E-state index in [1.165, 1.54) is 0 Å². The topological polar surface area (TPSA) is 41.9 Å². The SMILES string of the molecule is COc1cccc(C(C)(C)CO)c1OC1CCN(C)CC1. The van der Waals surface area contributed by atoms with Gasteiger partial charge in [0.25, 0.3) is 0 Å². The third kappa shape index (κ3) is 3.69. The Morgan fingerprint density at radius 1 is 1.29 bits per heavy atom. The molecule has 0 bridgehead atoms. The fourth-order valence-corrected chi connectivity index (χ4v) is 2.69. The Morgan fingerprint density at radius 2 is 1.95 bits per heavy atom. The molecule has 4 heteroatoms. The van der Waals surface area contributed by atoms with E-state index in [9.17, 15) is 5.11 Å². The van der Waals surface area contributed by atoms with Crippen molar-refractivity contribution in [3.8, 4) is 11.5 Å². The second-order valence-electron chi connectivity index (χ2n) is 6.50. The van der Waals surface area contributed by atoms with E-state index in [0.717, 1.165) is 43.0 Å². The number of nitrogens with zero attached hydrogens (tertiary/aromatic N) is 1. The van der Waals surface area contributed by atoms with E-state index in [1.54, 1.807) is 7.11 Å². The van der Waals surface area contributed by atoms with Gasteiger partial charge in [0.2, 0.25) is 0 Å². The Bertz CT molecular complexity index is 465. The second kappa shape index (κ2) is 6.67. The predicted octanol–water partition coefficient (Wildman–Crippen LogP) is 2.44. The van der Waals surface area contributed by atoms with Crippen LogP contribution in [0.15, 0.2) is 18.2 Å². The minimum Gasteiger partial charge on any atom is -0.493 e. The zero-order chi connectivity index (χ0) is 15.5. The van der Waals surface area contributed by atoms with Crippen LogP contribution in [0.3, 0.4) is 0 Å². The Labute approximate surface area is 127 Å². The van der Waals surface area contributed by atoms with Crippen molar-refractivity contribution in [3.63, 3.8) is 0 Å². The number of aliphatic hydroxyl groups excluding tert-OH is 1. The van der Waals surface area contributed by atoms with Gasteiger partial charge in [0.1, 0.15) is 6.10 Å². The molecule has 0 saturated carbocycles. The molecule has 1 N–H and O–H groups in total. The molecule has 1 aromatic carbocycles. The highest BCUT2D eigenvalue weighted by molar-refractivity contribution is 5.50. The number of hydrogen-bond acceptors (Lipinski definition) is 4. The van der Waals surface area contributed by atoms with Crippen molar-refractivity contribution in [3.05, 3.63) is 23.8 Å². The molecule has 21 heavy (non-hydrogen) atoms. The van der Waals surface area contributed by atoms with Crippen LogP contribution in [0.2, 0.25) is 0 Å². The Morgan fingerprint density at radius 3 is 2.52 bits per heavy atom. The minimum absolute atomic E-state index is 0.0733. The van der Waals surface area contributed by atoms with Gasteiger partial charge in [-0.2, -0.15) is 0 Å². The molecular weight excluding hydrogens is 266 g/mol. The van der Waals surface area contributed by atoms with E-state index in [-0.39, 0.29) is 18.1 Å². The fourth-order valence-electron chi connectivity index (χ4n) is 2.69. The summed E-state index contributed by atoms with van der Waals surface area (Å²) in [5.41, 5.74) is 0.651. The van der Waals surface area contributed by atoms with E-state index in [4.69, 9.17) is 9.47 Å². The second-order valence-corrected chi connectivity index (χ2v) is 6.50. The van der Waals surface area contributed by atoms with Gasteiger partial charge >= 0.3 is 0 Å². The van der Waals surface area contributed by atoms with Gasteiger partial charge in [0, 0.05) is 24.1 Å². The first-order valence-electron chi connectivity index (χ1n) is 7.61. The summed E-state index contributed by atoms with van der Waals surface area (Å²) in [4.78, 5) is 2.32. The van der Waals surface area contributed by atoms with E-state index < -0.39 is 0 Å². The summed E-state index contributed by atoms with van der Waals surface area (Å²) in [6.45, 7) is 6.22. The first kappa shape index (κ1) is 16.1. The number of hydrogen-bond donors (Lipinski definition) is 1. The maximum absolute atomic E-state index is 9.67. The van der Waals surface area contributed by atoms with Gasteiger partial charge in [-0.25, -0.2) is 0 Å². The van der Waals surface area contributed by atoms with Gasteiger partial charge in [0.05, 0.1) is 13.7 Å². The number of para-hydroxylation sites is 1. The van der Waals surface area contributed by atoms with E-state index in [0.29, 0.717) is 0 Å². The highest BCUT2D eigenvalue weighted by Gasteiger charge is 2.28. The molecule has 118 valence electrons. The first-order chi connectivity index (χ1) is 9.97. The third-order valence-corrected chi connectivity index (χ3v) is 4.27. The number of aliphatic hydroxyl groups is 1. The molecule has 0 aromatic heterocycles. The van der Waals surface area contributed by atoms with Crippen LogP contribution in [-0.2, 0) is 5.41 Å². The predicted molar refractivity (Wildman–Crippen MR) is 84.3 cm³/mol. The van der Waals surface area contributed by atoms with Crippen molar-refractivity contribution < 1.29 is 14.6 Å². The van der Waals surface area contributed by atoms with E-state index in [1.807, 2.05) is 32.0 Å². The lowest BCUT2D eigenvalue weighted by atomic mass is 9.84. The van der Waals surface area contributed by atoms with E-state index >= 15 is 0 Å². The summed E-state index contributed by atoms with van der Waals surface area (Å²) >= 11 is 0. The molecule has 0 radical (unpaired) electrons. The number of rotatable bonds is 5. The molecule has 1 aliphatic rings. The zero-order valence-electron chi connectivity index (χ0n) is 13.6. The van der Waals surface area contributed by atoms with Gasteiger partial charge < -0.3 is 19.5 Å². The van der Waals surface area contributed by atoms with Crippen molar-refractivity contribution in [2.24, 2.45) is 0 Å². The summed E-state index contributed by atoms with van der Waals surface area (Å²) < 4.78 is 11.8. The van der Waals surface area contributed by atoms with Gasteiger partial charge in [-0.3, -0.25) is 0 Å². The van der Waals surface area contributed by atoms with Crippen LogP contribution >= 0.6 is 0 Å². The molecule has 1 aromatic rings. The monoisotopic (exact) mass is 293 g/mol. The highest BCUT2D eigenvalue weighted by atomic mass is 16.5. The number of piperidine rings is 1. The van der Waals surface area contributed by atoms with Crippen molar-refractivity contribution in [1.29, 1.82) is 0 Å². The summed E-state index contributed by atoms with van der Waals surface area (Å²) in [6, 6.07) is 5.89. The minimum atomic E-state index is -0.352. The molecule has 2 rings (SSSR count). The van der Waals surface area contributed by atoms with Crippen LogP contribution < -0.4 is 9.47 Å². The van der Waals surface area contributed by atoms with Crippen LogP contribution in [0.5, 0.6) is 11.5 Å². The van der Waals surface area contributed by atoms with Crippen molar-refractivity contribution in [1.82, 2.24) is 4.90 Å². The van der Waals surface area contributed by atoms with E-state index in [2.05, 4.69) is 11.9 Å². The number of ether oxygens (including phenoxy) is 2. The number of likely N-dealkylation sites (tertiary alicyclic amines) is 1. The van der Waals surface area contributed by atoms with Crippen molar-refractivity contribution >= 4 is 0 Å². The molecule has 0 atom stereocenters. The normalized spacial score (nSPS) is 17.8. The lowest BCUT2D eigenvalue weighted by Crippen LogP contribution is -2.36. The smallest absolute Gasteiger partial charge is 0.165 e. The van der Waals surface area contributed by atoms with Gasteiger partial charge in [-0.05, 0) is 26.0 Å². The summed E-state index contributed by atoms with van der Waals surface area (Å²) in [5.74, 6) is 1.53. The van der Waals surface area contributed by atoms with Crippen LogP contribution in [0.1, 0.15) is 32.3 Å². The molecule has 0 amide bonds. The summed E-state index contributed by atoms with van der Waals surface area (Å²) in [6.07, 6.45) is 2.26. The quantitative estimate of drug-likeness (QED) is 0.905. The Balaban J connectivity index is 2.27. The average molecular weight is 293 g/mol. The number of benzene rings is 1. The Hall–Kier alpha value is -1.26. The van der Waals surface area contributed by atoms with Gasteiger partial charge in [0.15, 0.2) is 11.5 Å². The molecule has 0 unspecified atom stereocenters. The summed E-state index contributed by atoms with van der Waals surface area (Å²) in [7, 11) is 3.80. The molecule has 1 saturated heterocycles. The molecule has 0 aliphatic carbocycles. The lowest BCUT2D eigenvalue weighted by Gasteiger charge is -2.32. The molecule has 0 spiro atoms.